The number of fused-ring (bicyclic) bond motifs is 1. The number of rotatable bonds is 10. The summed E-state index contributed by atoms with van der Waals surface area (Å²) in [7, 11) is 1.22. The van der Waals surface area contributed by atoms with Crippen molar-refractivity contribution in [1.82, 2.24) is 5.32 Å². The molecule has 1 heterocycles. The predicted molar refractivity (Wildman–Crippen MR) is 159 cm³/mol. The first kappa shape index (κ1) is 32.2. The van der Waals surface area contributed by atoms with E-state index in [0.29, 0.717) is 29.9 Å². The van der Waals surface area contributed by atoms with Crippen LogP contribution in [0.5, 0.6) is 11.5 Å². The summed E-state index contributed by atoms with van der Waals surface area (Å²) in [5.74, 6) is -1.66. The average molecular weight is 581 g/mol. The molecule has 0 aliphatic carbocycles. The Bertz CT molecular complexity index is 1460. The van der Waals surface area contributed by atoms with Crippen LogP contribution < -0.4 is 10.1 Å². The third kappa shape index (κ3) is 6.58. The van der Waals surface area contributed by atoms with Gasteiger partial charge in [0, 0.05) is 40.9 Å². The lowest BCUT2D eigenvalue weighted by molar-refractivity contribution is -0.384. The number of benzene rings is 2. The normalized spacial score (nSPS) is 17.4. The fraction of sp³-hybridized carbons (Fsp3) is 0.438. The third-order valence-electron chi connectivity index (χ3n) is 7.73. The molecule has 2 unspecified atom stereocenters. The van der Waals surface area contributed by atoms with E-state index < -0.39 is 28.4 Å². The van der Waals surface area contributed by atoms with Crippen molar-refractivity contribution < 1.29 is 33.8 Å². The van der Waals surface area contributed by atoms with Gasteiger partial charge in [0.2, 0.25) is 0 Å². The molecule has 10 heteroatoms. The van der Waals surface area contributed by atoms with Crippen molar-refractivity contribution in [1.29, 1.82) is 0 Å². The maximum Gasteiger partial charge on any atom is 0.336 e. The van der Waals surface area contributed by atoms with Crippen LogP contribution in [0.1, 0.15) is 67.9 Å². The highest BCUT2D eigenvalue weighted by Gasteiger charge is 2.38. The average Bonchev–Trinajstić information content (AvgIpc) is 2.95. The van der Waals surface area contributed by atoms with Crippen molar-refractivity contribution >= 4 is 17.6 Å². The summed E-state index contributed by atoms with van der Waals surface area (Å²) in [5, 5.41) is 25.2. The number of phenols is 1. The summed E-state index contributed by atoms with van der Waals surface area (Å²) in [6, 6.07) is 5.65. The Morgan fingerprint density at radius 1 is 1.19 bits per heavy atom. The molecule has 226 valence electrons. The molecular weight excluding hydrogens is 540 g/mol. The molecule has 2 aromatic rings. The summed E-state index contributed by atoms with van der Waals surface area (Å²) < 4.78 is 17.2. The summed E-state index contributed by atoms with van der Waals surface area (Å²) in [6.45, 7) is 16.7. The molecule has 2 atom stereocenters. The van der Waals surface area contributed by atoms with Gasteiger partial charge in [0.15, 0.2) is 0 Å². The van der Waals surface area contributed by atoms with E-state index in [2.05, 4.69) is 11.9 Å². The zero-order valence-corrected chi connectivity index (χ0v) is 25.5. The van der Waals surface area contributed by atoms with Gasteiger partial charge in [-0.05, 0) is 83.6 Å². The van der Waals surface area contributed by atoms with Gasteiger partial charge in [-0.3, -0.25) is 10.1 Å². The lowest BCUT2D eigenvalue weighted by atomic mass is 9.83. The van der Waals surface area contributed by atoms with Crippen molar-refractivity contribution in [3.63, 3.8) is 0 Å². The first-order valence-electron chi connectivity index (χ1n) is 13.8. The number of nitro groups is 1. The molecule has 0 fully saturated rings. The summed E-state index contributed by atoms with van der Waals surface area (Å²) in [4.78, 5) is 37.6. The van der Waals surface area contributed by atoms with Crippen LogP contribution >= 0.6 is 0 Å². The molecule has 1 aliphatic heterocycles. The number of non-ortho nitro benzene ring substituents is 1. The highest BCUT2D eigenvalue weighted by molar-refractivity contribution is 5.98. The summed E-state index contributed by atoms with van der Waals surface area (Å²) in [6.07, 6.45) is 1.15. The number of nitrogens with one attached hydrogen (secondary N) is 1. The Morgan fingerprint density at radius 3 is 2.45 bits per heavy atom. The number of esters is 2. The van der Waals surface area contributed by atoms with E-state index in [1.165, 1.54) is 25.3 Å². The molecule has 1 aliphatic rings. The third-order valence-corrected chi connectivity index (χ3v) is 7.73. The Hall–Kier alpha value is -4.34. The number of aromatic hydroxyl groups is 1. The first-order valence-corrected chi connectivity index (χ1v) is 13.8. The molecule has 0 aromatic heterocycles. The second kappa shape index (κ2) is 12.7. The Balaban J connectivity index is 1.97. The maximum absolute atomic E-state index is 13.5. The van der Waals surface area contributed by atoms with Crippen molar-refractivity contribution in [3.8, 4) is 11.5 Å². The lowest BCUT2D eigenvalue weighted by Gasteiger charge is -2.37. The van der Waals surface area contributed by atoms with E-state index in [4.69, 9.17) is 14.2 Å². The van der Waals surface area contributed by atoms with E-state index in [9.17, 15) is 24.8 Å². The largest absolute Gasteiger partial charge is 0.507 e. The van der Waals surface area contributed by atoms with Crippen LogP contribution in [-0.4, -0.2) is 47.3 Å². The van der Waals surface area contributed by atoms with Gasteiger partial charge in [0.1, 0.15) is 23.7 Å². The molecule has 3 rings (SSSR count). The summed E-state index contributed by atoms with van der Waals surface area (Å²) >= 11 is 0. The van der Waals surface area contributed by atoms with Gasteiger partial charge in [0.05, 0.1) is 17.6 Å². The predicted octanol–water partition coefficient (Wildman–Crippen LogP) is 5.64. The molecule has 0 bridgehead atoms. The number of carbonyl (C=O) groups excluding carboxylic acids is 2. The van der Waals surface area contributed by atoms with Crippen molar-refractivity contribution in [2.24, 2.45) is 0 Å². The second-order valence-electron chi connectivity index (χ2n) is 11.3. The SMILES string of the molecule is C=C(C(=O)OCC1(C)CCc2c(C)c(O)c(C)c(C)c2O1)C(/C(C(=O)OC)=C(/C)NC(C)C)c1cccc([N+](=O)[O-])c1. The molecular formula is C32H40N2O8. The first-order chi connectivity index (χ1) is 19.6. The van der Waals surface area contributed by atoms with Crippen LogP contribution in [0.4, 0.5) is 5.69 Å². The Labute approximate surface area is 246 Å². The van der Waals surface area contributed by atoms with E-state index in [1.807, 2.05) is 41.5 Å². The molecule has 0 radical (unpaired) electrons. The minimum absolute atomic E-state index is 0.0560. The number of phenolic OH excluding ortho intramolecular Hbond substituents is 1. The number of carbonyl (C=O) groups is 2. The van der Waals surface area contributed by atoms with Crippen molar-refractivity contribution in [2.75, 3.05) is 13.7 Å². The molecule has 0 spiro atoms. The molecule has 0 saturated carbocycles. The second-order valence-corrected chi connectivity index (χ2v) is 11.3. The Morgan fingerprint density at radius 2 is 1.86 bits per heavy atom. The Kier molecular flexibility index (Phi) is 9.71. The van der Waals surface area contributed by atoms with E-state index >= 15 is 0 Å². The van der Waals surface area contributed by atoms with Gasteiger partial charge in [-0.15, -0.1) is 0 Å². The van der Waals surface area contributed by atoms with Crippen molar-refractivity contribution in [3.05, 3.63) is 85.6 Å². The number of methoxy groups -OCH3 is 1. The van der Waals surface area contributed by atoms with Gasteiger partial charge in [-0.1, -0.05) is 18.7 Å². The van der Waals surface area contributed by atoms with E-state index in [1.54, 1.807) is 13.0 Å². The van der Waals surface area contributed by atoms with Crippen LogP contribution in [0.25, 0.3) is 0 Å². The fourth-order valence-corrected chi connectivity index (χ4v) is 5.29. The van der Waals surface area contributed by atoms with Crippen LogP contribution in [0.15, 0.2) is 47.7 Å². The minimum Gasteiger partial charge on any atom is -0.507 e. The highest BCUT2D eigenvalue weighted by atomic mass is 16.6. The molecule has 2 aromatic carbocycles. The number of ether oxygens (including phenoxy) is 3. The highest BCUT2D eigenvalue weighted by Crippen LogP contribution is 2.43. The molecule has 42 heavy (non-hydrogen) atoms. The van der Waals surface area contributed by atoms with Crippen LogP contribution in [0, 0.1) is 30.9 Å². The molecule has 0 amide bonds. The lowest BCUT2D eigenvalue weighted by Crippen LogP contribution is -2.42. The van der Waals surface area contributed by atoms with Gasteiger partial charge in [-0.25, -0.2) is 9.59 Å². The van der Waals surface area contributed by atoms with Crippen LogP contribution in [0.3, 0.4) is 0 Å². The standard InChI is InChI=1S/C32H40N2O8/c1-17(2)33-22(7)27(31(37)40-9)26(23-11-10-12-24(15-23)34(38)39)21(6)30(36)41-16-32(8)14-13-25-20(5)28(35)18(3)19(4)29(25)42-32/h10-12,15,17,26,33,35H,6,13-14,16H2,1-5,7-9H3/b27-22+. The minimum atomic E-state index is -1.09. The number of allylic oxidation sites excluding steroid dienone is 1. The number of hydrogen-bond donors (Lipinski definition) is 2. The van der Waals surface area contributed by atoms with E-state index in [-0.39, 0.29) is 35.2 Å². The number of nitro benzene ring substituents is 1. The number of hydrogen-bond acceptors (Lipinski definition) is 9. The fourth-order valence-electron chi connectivity index (χ4n) is 5.29. The maximum atomic E-state index is 13.5. The number of nitrogens with zero attached hydrogens (tertiary/aromatic N) is 1. The zero-order valence-electron chi connectivity index (χ0n) is 25.5. The van der Waals surface area contributed by atoms with E-state index in [0.717, 1.165) is 22.3 Å². The topological polar surface area (TPSA) is 137 Å². The van der Waals surface area contributed by atoms with Gasteiger partial charge in [0.25, 0.3) is 5.69 Å². The van der Waals surface area contributed by atoms with Gasteiger partial charge in [-0.2, -0.15) is 0 Å². The van der Waals surface area contributed by atoms with Crippen LogP contribution in [0.2, 0.25) is 0 Å². The molecule has 2 N–H and O–H groups in total. The van der Waals surface area contributed by atoms with Crippen molar-refractivity contribution in [2.45, 2.75) is 78.9 Å². The monoisotopic (exact) mass is 580 g/mol. The smallest absolute Gasteiger partial charge is 0.336 e. The van der Waals surface area contributed by atoms with Gasteiger partial charge < -0.3 is 24.6 Å². The van der Waals surface area contributed by atoms with Crippen LogP contribution in [-0.2, 0) is 25.5 Å². The molecule has 0 saturated heterocycles. The quantitative estimate of drug-likeness (QED) is 0.158. The molecule has 10 nitrogen and oxygen atoms in total. The zero-order chi connectivity index (χ0) is 31.5. The van der Waals surface area contributed by atoms with Gasteiger partial charge >= 0.3 is 11.9 Å². The summed E-state index contributed by atoms with van der Waals surface area (Å²) in [5.41, 5.74) is 2.93.